The highest BCUT2D eigenvalue weighted by atomic mass is 14.6. The monoisotopic (exact) mass is 302 g/mol. The van der Waals surface area contributed by atoms with Crippen LogP contribution in [0.1, 0.15) is 97.8 Å². The minimum Gasteiger partial charge on any atom is -0.0651 e. The molecule has 0 spiro atoms. The Hall–Kier alpha value is 0. The second-order valence-electron chi connectivity index (χ2n) is 9.98. The van der Waals surface area contributed by atoms with E-state index in [1.165, 1.54) is 32.1 Å². The summed E-state index contributed by atoms with van der Waals surface area (Å²) in [5.41, 5.74) is 1.42. The van der Waals surface area contributed by atoms with Crippen LogP contribution in [0.2, 0.25) is 0 Å². The predicted molar refractivity (Wildman–Crippen MR) is 94.7 cm³/mol. The van der Waals surface area contributed by atoms with Crippen molar-refractivity contribution in [2.45, 2.75) is 97.8 Å². The predicted octanol–water partition coefficient (Wildman–Crippen LogP) is 6.84. The first-order chi connectivity index (χ1) is 10.6. The summed E-state index contributed by atoms with van der Waals surface area (Å²) < 4.78 is 0. The van der Waals surface area contributed by atoms with Gasteiger partial charge in [-0.25, -0.2) is 0 Å². The smallest absolute Gasteiger partial charge is 0.0266 e. The highest BCUT2D eigenvalue weighted by Crippen LogP contribution is 2.66. The molecule has 4 rings (SSSR count). The standard InChI is InChI=1S/C22H38/c1-4-16-9-7-10-19-18-12-11-17-8-5-6-14-21(17,2)20(18)13-15-22(16,19)3/h16-20H,4-15H2,1-3H3/t16-,17+,18-,19-,20-,21-,22+/m0/s1. The van der Waals surface area contributed by atoms with Gasteiger partial charge in [-0.3, -0.25) is 0 Å². The molecule has 4 saturated carbocycles. The van der Waals surface area contributed by atoms with Gasteiger partial charge in [0, 0.05) is 0 Å². The fourth-order valence-corrected chi connectivity index (χ4v) is 8.28. The lowest BCUT2D eigenvalue weighted by atomic mass is 9.42. The minimum absolute atomic E-state index is 0.700. The van der Waals surface area contributed by atoms with Gasteiger partial charge in [-0.2, -0.15) is 0 Å². The summed E-state index contributed by atoms with van der Waals surface area (Å²) in [6.45, 7) is 7.89. The summed E-state index contributed by atoms with van der Waals surface area (Å²) in [5.74, 6) is 5.36. The van der Waals surface area contributed by atoms with Crippen LogP contribution < -0.4 is 0 Å². The molecule has 22 heavy (non-hydrogen) atoms. The van der Waals surface area contributed by atoms with Crippen molar-refractivity contribution in [2.75, 3.05) is 0 Å². The van der Waals surface area contributed by atoms with Gasteiger partial charge in [-0.15, -0.1) is 0 Å². The van der Waals surface area contributed by atoms with Gasteiger partial charge in [0.25, 0.3) is 0 Å². The van der Waals surface area contributed by atoms with E-state index in [-0.39, 0.29) is 0 Å². The molecule has 4 fully saturated rings. The molecular formula is C22H38. The Kier molecular flexibility index (Phi) is 3.90. The van der Waals surface area contributed by atoms with E-state index in [1.54, 1.807) is 44.9 Å². The Labute approximate surface area is 138 Å². The molecule has 0 aliphatic heterocycles. The van der Waals surface area contributed by atoms with Crippen LogP contribution in [0.4, 0.5) is 0 Å². The zero-order chi connectivity index (χ0) is 15.4. The molecule has 0 radical (unpaired) electrons. The van der Waals surface area contributed by atoms with E-state index in [4.69, 9.17) is 0 Å². The Morgan fingerprint density at radius 1 is 0.727 bits per heavy atom. The lowest BCUT2D eigenvalue weighted by molar-refractivity contribution is -0.141. The third kappa shape index (κ3) is 2.07. The number of hydrogen-bond donors (Lipinski definition) is 0. The van der Waals surface area contributed by atoms with Crippen LogP contribution >= 0.6 is 0 Å². The topological polar surface area (TPSA) is 0 Å². The van der Waals surface area contributed by atoms with Crippen LogP contribution in [0.3, 0.4) is 0 Å². The van der Waals surface area contributed by atoms with Crippen LogP contribution in [0.25, 0.3) is 0 Å². The summed E-state index contributed by atoms with van der Waals surface area (Å²) in [7, 11) is 0. The van der Waals surface area contributed by atoms with E-state index in [1.807, 2.05) is 0 Å². The number of fused-ring (bicyclic) bond motifs is 5. The van der Waals surface area contributed by atoms with Gasteiger partial charge in [0.2, 0.25) is 0 Å². The van der Waals surface area contributed by atoms with Gasteiger partial charge < -0.3 is 0 Å². The van der Waals surface area contributed by atoms with E-state index in [2.05, 4.69) is 20.8 Å². The van der Waals surface area contributed by atoms with Crippen molar-refractivity contribution in [1.29, 1.82) is 0 Å². The van der Waals surface area contributed by atoms with Gasteiger partial charge in [0.1, 0.15) is 0 Å². The summed E-state index contributed by atoms with van der Waals surface area (Å²) in [5, 5.41) is 0. The molecule has 0 heteroatoms. The molecule has 0 saturated heterocycles. The molecule has 0 amide bonds. The van der Waals surface area contributed by atoms with Gasteiger partial charge in [0.05, 0.1) is 0 Å². The lowest BCUT2D eigenvalue weighted by Crippen LogP contribution is -2.55. The molecule has 0 aromatic carbocycles. The van der Waals surface area contributed by atoms with Crippen molar-refractivity contribution in [3.05, 3.63) is 0 Å². The Morgan fingerprint density at radius 2 is 1.55 bits per heavy atom. The van der Waals surface area contributed by atoms with E-state index in [0.29, 0.717) is 5.41 Å². The average Bonchev–Trinajstić information content (AvgIpc) is 2.52. The van der Waals surface area contributed by atoms with E-state index in [0.717, 1.165) is 35.0 Å². The van der Waals surface area contributed by atoms with E-state index in [9.17, 15) is 0 Å². The van der Waals surface area contributed by atoms with Crippen molar-refractivity contribution in [1.82, 2.24) is 0 Å². The second kappa shape index (κ2) is 5.52. The highest BCUT2D eigenvalue weighted by molar-refractivity contribution is 5.07. The van der Waals surface area contributed by atoms with E-state index < -0.39 is 0 Å². The quantitative estimate of drug-likeness (QED) is 0.497. The SMILES string of the molecule is CC[C@H]1CCC[C@H]2[C@@H]3CC[C@H]4CCCC[C@]4(C)[C@H]3CC[C@]12C. The molecule has 4 aliphatic carbocycles. The Bertz CT molecular complexity index is 400. The van der Waals surface area contributed by atoms with Crippen LogP contribution in [-0.2, 0) is 0 Å². The molecule has 0 aromatic rings. The molecule has 0 bridgehead atoms. The minimum atomic E-state index is 0.700. The van der Waals surface area contributed by atoms with Crippen LogP contribution in [0.5, 0.6) is 0 Å². The van der Waals surface area contributed by atoms with Crippen LogP contribution in [0, 0.1) is 40.4 Å². The molecule has 7 atom stereocenters. The van der Waals surface area contributed by atoms with Crippen molar-refractivity contribution < 1.29 is 0 Å². The molecular weight excluding hydrogens is 264 g/mol. The molecule has 0 unspecified atom stereocenters. The molecule has 0 aromatic heterocycles. The van der Waals surface area contributed by atoms with E-state index >= 15 is 0 Å². The molecule has 126 valence electrons. The fourth-order valence-electron chi connectivity index (χ4n) is 8.28. The van der Waals surface area contributed by atoms with Crippen molar-refractivity contribution in [3.8, 4) is 0 Å². The van der Waals surface area contributed by atoms with Crippen molar-refractivity contribution in [2.24, 2.45) is 40.4 Å². The molecule has 4 aliphatic rings. The third-order valence-corrected chi connectivity index (χ3v) is 9.51. The fraction of sp³-hybridized carbons (Fsp3) is 1.00. The highest BCUT2D eigenvalue weighted by Gasteiger charge is 2.57. The Balaban J connectivity index is 1.63. The third-order valence-electron chi connectivity index (χ3n) is 9.51. The zero-order valence-electron chi connectivity index (χ0n) is 15.4. The maximum Gasteiger partial charge on any atom is -0.0266 e. The van der Waals surface area contributed by atoms with Crippen LogP contribution in [0.15, 0.2) is 0 Å². The number of hydrogen-bond acceptors (Lipinski definition) is 0. The van der Waals surface area contributed by atoms with Crippen molar-refractivity contribution in [3.63, 3.8) is 0 Å². The Morgan fingerprint density at radius 3 is 2.36 bits per heavy atom. The molecule has 0 nitrogen and oxygen atoms in total. The largest absolute Gasteiger partial charge is 0.0651 e. The maximum atomic E-state index is 2.72. The van der Waals surface area contributed by atoms with Crippen LogP contribution in [-0.4, -0.2) is 0 Å². The molecule has 0 N–H and O–H groups in total. The maximum absolute atomic E-state index is 2.72. The lowest BCUT2D eigenvalue weighted by Gasteiger charge is -2.63. The zero-order valence-corrected chi connectivity index (χ0v) is 15.4. The summed E-state index contributed by atoms with van der Waals surface area (Å²) in [4.78, 5) is 0. The van der Waals surface area contributed by atoms with Gasteiger partial charge in [0.15, 0.2) is 0 Å². The van der Waals surface area contributed by atoms with Gasteiger partial charge in [-0.1, -0.05) is 46.5 Å². The second-order valence-corrected chi connectivity index (χ2v) is 9.98. The summed E-state index contributed by atoms with van der Waals surface area (Å²) >= 11 is 0. The van der Waals surface area contributed by atoms with Crippen molar-refractivity contribution >= 4 is 0 Å². The number of rotatable bonds is 1. The summed E-state index contributed by atoms with van der Waals surface area (Å²) in [6, 6.07) is 0. The average molecular weight is 303 g/mol. The van der Waals surface area contributed by atoms with Gasteiger partial charge >= 0.3 is 0 Å². The van der Waals surface area contributed by atoms with Gasteiger partial charge in [-0.05, 0) is 91.8 Å². The first-order valence-electron chi connectivity index (χ1n) is 10.6. The first kappa shape index (κ1) is 15.5. The molecule has 0 heterocycles. The first-order valence-corrected chi connectivity index (χ1v) is 10.6. The summed E-state index contributed by atoms with van der Waals surface area (Å²) in [6.07, 6.45) is 18.5. The normalized spacial score (nSPS) is 55.0.